The summed E-state index contributed by atoms with van der Waals surface area (Å²) < 4.78 is 0. The van der Waals surface area contributed by atoms with Crippen molar-refractivity contribution in [3.05, 3.63) is 63.7 Å². The fourth-order valence-electron chi connectivity index (χ4n) is 3.34. The number of aryl methyl sites for hydroxylation is 1. The van der Waals surface area contributed by atoms with E-state index in [-0.39, 0.29) is 11.6 Å². The van der Waals surface area contributed by atoms with E-state index in [1.54, 1.807) is 6.07 Å². The Morgan fingerprint density at radius 2 is 2.12 bits per heavy atom. The van der Waals surface area contributed by atoms with Crippen LogP contribution in [0.5, 0.6) is 0 Å². The van der Waals surface area contributed by atoms with Gasteiger partial charge in [-0.05, 0) is 31.0 Å². The number of aromatic nitrogens is 4. The Kier molecular flexibility index (Phi) is 4.05. The molecule has 0 saturated carbocycles. The van der Waals surface area contributed by atoms with Gasteiger partial charge in [-0.2, -0.15) is 0 Å². The first-order valence-electron chi connectivity index (χ1n) is 8.72. The van der Waals surface area contributed by atoms with E-state index in [2.05, 4.69) is 38.7 Å². The zero-order chi connectivity index (χ0) is 17.4. The standard InChI is InChI=1S/C19H21N5O/c1-3-17-20-10-13-8-9-24(11-16(13)21-17)12(2)18-22-15-7-5-4-6-14(15)19(25)23-18/h4-7,10,12H,3,8-9,11H2,1-2H3,(H,22,23,25)/t12-/m1/s1. The van der Waals surface area contributed by atoms with Crippen molar-refractivity contribution in [2.75, 3.05) is 6.54 Å². The SMILES string of the molecule is CCc1ncc2c(n1)CN([C@H](C)c1nc3ccccc3c(=O)[nH]1)CC2. The Hall–Kier alpha value is -2.60. The second-order valence-electron chi connectivity index (χ2n) is 6.48. The molecule has 0 bridgehead atoms. The van der Waals surface area contributed by atoms with Crippen LogP contribution in [-0.2, 0) is 19.4 Å². The van der Waals surface area contributed by atoms with Gasteiger partial charge in [-0.3, -0.25) is 9.69 Å². The van der Waals surface area contributed by atoms with Crippen LogP contribution in [0.2, 0.25) is 0 Å². The van der Waals surface area contributed by atoms with Gasteiger partial charge in [0.1, 0.15) is 11.6 Å². The van der Waals surface area contributed by atoms with Crippen LogP contribution in [0.25, 0.3) is 10.9 Å². The number of H-pyrrole nitrogens is 1. The minimum atomic E-state index is -0.0829. The summed E-state index contributed by atoms with van der Waals surface area (Å²) in [5.41, 5.74) is 2.97. The van der Waals surface area contributed by atoms with E-state index in [9.17, 15) is 4.79 Å². The van der Waals surface area contributed by atoms with Crippen molar-refractivity contribution in [1.29, 1.82) is 0 Å². The van der Waals surface area contributed by atoms with E-state index in [1.165, 1.54) is 5.56 Å². The third-order valence-corrected chi connectivity index (χ3v) is 4.92. The topological polar surface area (TPSA) is 74.8 Å². The number of nitrogens with one attached hydrogen (secondary N) is 1. The monoisotopic (exact) mass is 335 g/mol. The molecule has 0 amide bonds. The van der Waals surface area contributed by atoms with Gasteiger partial charge in [-0.25, -0.2) is 15.0 Å². The number of aromatic amines is 1. The molecule has 1 atom stereocenters. The summed E-state index contributed by atoms with van der Waals surface area (Å²) in [6.45, 7) is 5.80. The van der Waals surface area contributed by atoms with Gasteiger partial charge in [0.2, 0.25) is 0 Å². The molecule has 0 saturated heterocycles. The lowest BCUT2D eigenvalue weighted by Crippen LogP contribution is -2.35. The maximum atomic E-state index is 12.3. The van der Waals surface area contributed by atoms with Gasteiger partial charge in [0.25, 0.3) is 5.56 Å². The van der Waals surface area contributed by atoms with Gasteiger partial charge in [-0.15, -0.1) is 0 Å². The zero-order valence-corrected chi connectivity index (χ0v) is 14.5. The first-order chi connectivity index (χ1) is 12.2. The van der Waals surface area contributed by atoms with Crippen LogP contribution >= 0.6 is 0 Å². The Balaban J connectivity index is 1.65. The van der Waals surface area contributed by atoms with Gasteiger partial charge < -0.3 is 4.98 Å². The van der Waals surface area contributed by atoms with Crippen LogP contribution in [-0.4, -0.2) is 31.4 Å². The highest BCUT2D eigenvalue weighted by molar-refractivity contribution is 5.77. The molecule has 3 aromatic rings. The summed E-state index contributed by atoms with van der Waals surface area (Å²) in [5, 5.41) is 0.628. The number of benzene rings is 1. The molecule has 2 aromatic heterocycles. The summed E-state index contributed by atoms with van der Waals surface area (Å²) in [5.74, 6) is 1.59. The Bertz CT molecular complexity index is 981. The molecule has 1 aliphatic rings. The van der Waals surface area contributed by atoms with Crippen LogP contribution in [0.4, 0.5) is 0 Å². The molecule has 0 spiro atoms. The van der Waals surface area contributed by atoms with Crippen molar-refractivity contribution in [3.63, 3.8) is 0 Å². The molecule has 128 valence electrons. The van der Waals surface area contributed by atoms with E-state index >= 15 is 0 Å². The normalized spacial score (nSPS) is 15.9. The van der Waals surface area contributed by atoms with Crippen LogP contribution in [0, 0.1) is 0 Å². The molecule has 0 unspecified atom stereocenters. The van der Waals surface area contributed by atoms with E-state index in [1.807, 2.05) is 24.4 Å². The van der Waals surface area contributed by atoms with E-state index in [4.69, 9.17) is 0 Å². The third kappa shape index (κ3) is 2.93. The number of fused-ring (bicyclic) bond motifs is 2. The fraction of sp³-hybridized carbons (Fsp3) is 0.368. The number of hydrogen-bond donors (Lipinski definition) is 1. The largest absolute Gasteiger partial charge is 0.309 e. The van der Waals surface area contributed by atoms with Crippen LogP contribution < -0.4 is 5.56 Å². The second kappa shape index (κ2) is 6.37. The van der Waals surface area contributed by atoms with E-state index in [0.717, 1.165) is 43.0 Å². The van der Waals surface area contributed by atoms with E-state index < -0.39 is 0 Å². The lowest BCUT2D eigenvalue weighted by molar-refractivity contribution is 0.181. The summed E-state index contributed by atoms with van der Waals surface area (Å²) in [6.07, 6.45) is 3.71. The van der Waals surface area contributed by atoms with Crippen LogP contribution in [0.15, 0.2) is 35.3 Å². The molecule has 0 fully saturated rings. The van der Waals surface area contributed by atoms with Crippen molar-refractivity contribution >= 4 is 10.9 Å². The van der Waals surface area contributed by atoms with Crippen LogP contribution in [0.3, 0.4) is 0 Å². The molecule has 25 heavy (non-hydrogen) atoms. The van der Waals surface area contributed by atoms with Crippen molar-refractivity contribution in [2.24, 2.45) is 0 Å². The predicted octanol–water partition coefficient (Wildman–Crippen LogP) is 2.39. The molecule has 1 aliphatic heterocycles. The molecule has 4 rings (SSSR count). The molecule has 3 heterocycles. The lowest BCUT2D eigenvalue weighted by Gasteiger charge is -2.32. The van der Waals surface area contributed by atoms with Crippen molar-refractivity contribution in [2.45, 2.75) is 39.3 Å². The van der Waals surface area contributed by atoms with Gasteiger partial charge in [-0.1, -0.05) is 19.1 Å². The highest BCUT2D eigenvalue weighted by Crippen LogP contribution is 2.25. The van der Waals surface area contributed by atoms with Gasteiger partial charge in [0.05, 0.1) is 22.6 Å². The maximum absolute atomic E-state index is 12.3. The van der Waals surface area contributed by atoms with Crippen molar-refractivity contribution in [3.8, 4) is 0 Å². The summed E-state index contributed by atoms with van der Waals surface area (Å²) in [7, 11) is 0. The second-order valence-corrected chi connectivity index (χ2v) is 6.48. The Morgan fingerprint density at radius 1 is 1.28 bits per heavy atom. The maximum Gasteiger partial charge on any atom is 0.258 e. The Morgan fingerprint density at radius 3 is 2.96 bits per heavy atom. The fourth-order valence-corrected chi connectivity index (χ4v) is 3.34. The van der Waals surface area contributed by atoms with Crippen LogP contribution in [0.1, 0.15) is 42.8 Å². The average Bonchev–Trinajstić information content (AvgIpc) is 2.66. The number of rotatable bonds is 3. The number of hydrogen-bond acceptors (Lipinski definition) is 5. The molecule has 6 nitrogen and oxygen atoms in total. The Labute approximate surface area is 146 Å². The molecular weight excluding hydrogens is 314 g/mol. The van der Waals surface area contributed by atoms with Gasteiger partial charge >= 0.3 is 0 Å². The average molecular weight is 335 g/mol. The molecule has 6 heteroatoms. The number of nitrogens with zero attached hydrogens (tertiary/aromatic N) is 4. The first-order valence-corrected chi connectivity index (χ1v) is 8.72. The highest BCUT2D eigenvalue weighted by Gasteiger charge is 2.25. The summed E-state index contributed by atoms with van der Waals surface area (Å²) in [6, 6.07) is 7.46. The van der Waals surface area contributed by atoms with Crippen molar-refractivity contribution < 1.29 is 0 Å². The van der Waals surface area contributed by atoms with Crippen molar-refractivity contribution in [1.82, 2.24) is 24.8 Å². The molecule has 0 aliphatic carbocycles. The predicted molar refractivity (Wildman–Crippen MR) is 96.3 cm³/mol. The third-order valence-electron chi connectivity index (χ3n) is 4.92. The number of para-hydroxylation sites is 1. The zero-order valence-electron chi connectivity index (χ0n) is 14.5. The molecule has 0 radical (unpaired) electrons. The smallest absolute Gasteiger partial charge is 0.258 e. The lowest BCUT2D eigenvalue weighted by atomic mass is 10.0. The van der Waals surface area contributed by atoms with E-state index in [0.29, 0.717) is 11.2 Å². The minimum absolute atomic E-state index is 0.0190. The summed E-state index contributed by atoms with van der Waals surface area (Å²) in [4.78, 5) is 31.3. The minimum Gasteiger partial charge on any atom is -0.309 e. The molecule has 1 aromatic carbocycles. The molecule has 1 N–H and O–H groups in total. The first kappa shape index (κ1) is 15.9. The summed E-state index contributed by atoms with van der Waals surface area (Å²) >= 11 is 0. The highest BCUT2D eigenvalue weighted by atomic mass is 16.1. The molecular formula is C19H21N5O. The quantitative estimate of drug-likeness (QED) is 0.795. The van der Waals surface area contributed by atoms with Gasteiger partial charge in [0.15, 0.2) is 0 Å². The van der Waals surface area contributed by atoms with Gasteiger partial charge in [0, 0.05) is 25.7 Å².